The van der Waals surface area contributed by atoms with Gasteiger partial charge in [0.25, 0.3) is 5.69 Å². The Morgan fingerprint density at radius 2 is 2.20 bits per heavy atom. The van der Waals surface area contributed by atoms with E-state index >= 15 is 0 Å². The molecule has 0 atom stereocenters. The highest BCUT2D eigenvalue weighted by Gasteiger charge is 2.17. The minimum Gasteiger partial charge on any atom is -0.438 e. The number of benzene rings is 1. The number of carbonyl (C=O) groups excluding carboxylic acids is 1. The van der Waals surface area contributed by atoms with Gasteiger partial charge in [-0.15, -0.1) is 0 Å². The summed E-state index contributed by atoms with van der Waals surface area (Å²) in [6, 6.07) is 3.96. The van der Waals surface area contributed by atoms with E-state index in [0.29, 0.717) is 17.5 Å². The van der Waals surface area contributed by atoms with Crippen molar-refractivity contribution in [2.24, 2.45) is 7.05 Å². The zero-order valence-electron chi connectivity index (χ0n) is 10.7. The van der Waals surface area contributed by atoms with Crippen LogP contribution in [0.2, 0.25) is 5.02 Å². The number of hydrogen-bond donors (Lipinski definition) is 0. The highest BCUT2D eigenvalue weighted by molar-refractivity contribution is 6.32. The smallest absolute Gasteiger partial charge is 0.288 e. The standard InChI is InChI=1S/C12H10ClN3O4/c1-7-9(6-17)12(15(2)14-7)20-8-3-4-11(16(18)19)10(13)5-8/h3-6H,1-2H3. The first kappa shape index (κ1) is 14.0. The Hall–Kier alpha value is -2.41. The average Bonchev–Trinajstić information content (AvgIpc) is 2.63. The number of carbonyl (C=O) groups is 1. The molecule has 104 valence electrons. The summed E-state index contributed by atoms with van der Waals surface area (Å²) < 4.78 is 6.94. The second-order valence-corrected chi connectivity index (χ2v) is 4.43. The monoisotopic (exact) mass is 295 g/mol. The maximum Gasteiger partial charge on any atom is 0.288 e. The topological polar surface area (TPSA) is 87.3 Å². The highest BCUT2D eigenvalue weighted by atomic mass is 35.5. The fourth-order valence-electron chi connectivity index (χ4n) is 1.72. The molecule has 0 aliphatic heterocycles. The van der Waals surface area contributed by atoms with E-state index in [1.807, 2.05) is 0 Å². The van der Waals surface area contributed by atoms with E-state index in [-0.39, 0.29) is 22.3 Å². The van der Waals surface area contributed by atoms with Crippen molar-refractivity contribution in [3.63, 3.8) is 0 Å². The van der Waals surface area contributed by atoms with Gasteiger partial charge in [-0.2, -0.15) is 5.10 Å². The lowest BCUT2D eigenvalue weighted by Gasteiger charge is -2.06. The number of rotatable bonds is 4. The molecule has 20 heavy (non-hydrogen) atoms. The van der Waals surface area contributed by atoms with E-state index in [1.165, 1.54) is 22.9 Å². The van der Waals surface area contributed by atoms with Gasteiger partial charge in [-0.25, -0.2) is 4.68 Å². The summed E-state index contributed by atoms with van der Waals surface area (Å²) >= 11 is 5.80. The molecule has 2 rings (SSSR count). The largest absolute Gasteiger partial charge is 0.438 e. The lowest BCUT2D eigenvalue weighted by Crippen LogP contribution is -1.97. The molecule has 0 saturated carbocycles. The number of aromatic nitrogens is 2. The van der Waals surface area contributed by atoms with Gasteiger partial charge in [-0.1, -0.05) is 11.6 Å². The molecular formula is C12H10ClN3O4. The van der Waals surface area contributed by atoms with Gasteiger partial charge in [0, 0.05) is 19.2 Å². The van der Waals surface area contributed by atoms with Gasteiger partial charge in [0.2, 0.25) is 5.88 Å². The van der Waals surface area contributed by atoms with E-state index in [4.69, 9.17) is 16.3 Å². The van der Waals surface area contributed by atoms with Crippen molar-refractivity contribution in [2.45, 2.75) is 6.92 Å². The van der Waals surface area contributed by atoms with Crippen LogP contribution in [-0.2, 0) is 7.05 Å². The second kappa shape index (κ2) is 5.30. The molecule has 2 aromatic rings. The quantitative estimate of drug-likeness (QED) is 0.491. The Balaban J connectivity index is 2.38. The van der Waals surface area contributed by atoms with E-state index in [0.717, 1.165) is 0 Å². The molecule has 0 radical (unpaired) electrons. The maximum atomic E-state index is 11.0. The number of aldehydes is 1. The van der Waals surface area contributed by atoms with Crippen LogP contribution in [0.15, 0.2) is 18.2 Å². The molecule has 8 heteroatoms. The van der Waals surface area contributed by atoms with Crippen LogP contribution in [0, 0.1) is 17.0 Å². The summed E-state index contributed by atoms with van der Waals surface area (Å²) in [5.74, 6) is 0.536. The third-order valence-corrected chi connectivity index (χ3v) is 2.97. The maximum absolute atomic E-state index is 11.0. The van der Waals surface area contributed by atoms with Crippen LogP contribution >= 0.6 is 11.6 Å². The molecule has 1 heterocycles. The van der Waals surface area contributed by atoms with Crippen LogP contribution in [0.1, 0.15) is 16.1 Å². The van der Waals surface area contributed by atoms with Gasteiger partial charge in [-0.3, -0.25) is 14.9 Å². The number of nitro benzene ring substituents is 1. The lowest BCUT2D eigenvalue weighted by atomic mass is 10.3. The molecule has 0 N–H and O–H groups in total. The molecule has 0 unspecified atom stereocenters. The molecule has 0 aliphatic carbocycles. The third-order valence-electron chi connectivity index (χ3n) is 2.66. The summed E-state index contributed by atoms with van der Waals surface area (Å²) in [5, 5.41) is 14.7. The number of nitro groups is 1. The van der Waals surface area contributed by atoms with Gasteiger partial charge >= 0.3 is 0 Å². The number of aryl methyl sites for hydroxylation is 2. The molecule has 7 nitrogen and oxygen atoms in total. The minimum absolute atomic E-state index is 0.0426. The van der Waals surface area contributed by atoms with Crippen molar-refractivity contribution in [3.05, 3.63) is 44.6 Å². The van der Waals surface area contributed by atoms with Crippen molar-refractivity contribution >= 4 is 23.6 Å². The van der Waals surface area contributed by atoms with Gasteiger partial charge < -0.3 is 4.74 Å². The van der Waals surface area contributed by atoms with Crippen molar-refractivity contribution in [1.29, 1.82) is 0 Å². The molecule has 0 bridgehead atoms. The van der Waals surface area contributed by atoms with Gasteiger partial charge in [0.1, 0.15) is 10.8 Å². The first-order chi connectivity index (χ1) is 9.43. The zero-order valence-corrected chi connectivity index (χ0v) is 11.4. The van der Waals surface area contributed by atoms with E-state index in [1.54, 1.807) is 14.0 Å². The second-order valence-electron chi connectivity index (χ2n) is 4.02. The molecule has 1 aromatic heterocycles. The number of halogens is 1. The van der Waals surface area contributed by atoms with Crippen molar-refractivity contribution < 1.29 is 14.5 Å². The Bertz CT molecular complexity index is 696. The SMILES string of the molecule is Cc1nn(C)c(Oc2ccc([N+](=O)[O-])c(Cl)c2)c1C=O. The number of nitrogens with zero attached hydrogens (tertiary/aromatic N) is 3. The Labute approximate surface area is 118 Å². The Morgan fingerprint density at radius 3 is 2.75 bits per heavy atom. The molecule has 0 fully saturated rings. The number of ether oxygens (including phenoxy) is 1. The Kier molecular flexibility index (Phi) is 3.71. The first-order valence-electron chi connectivity index (χ1n) is 5.54. The van der Waals surface area contributed by atoms with Gasteiger partial charge in [0.15, 0.2) is 6.29 Å². The fourth-order valence-corrected chi connectivity index (χ4v) is 1.96. The third kappa shape index (κ3) is 2.48. The summed E-state index contributed by atoms with van der Waals surface area (Å²) in [4.78, 5) is 21.1. The normalized spacial score (nSPS) is 10.3. The minimum atomic E-state index is -0.586. The van der Waals surface area contributed by atoms with Crippen molar-refractivity contribution in [2.75, 3.05) is 0 Å². The summed E-state index contributed by atoms with van der Waals surface area (Å²) in [6.45, 7) is 1.68. The van der Waals surface area contributed by atoms with E-state index < -0.39 is 4.92 Å². The predicted octanol–water partition coefficient (Wildman–Crippen LogP) is 2.89. The van der Waals surface area contributed by atoms with E-state index in [2.05, 4.69) is 5.10 Å². The molecule has 0 amide bonds. The molecule has 0 spiro atoms. The molecule has 1 aromatic carbocycles. The van der Waals surface area contributed by atoms with Crippen molar-refractivity contribution in [3.8, 4) is 11.6 Å². The Morgan fingerprint density at radius 1 is 1.50 bits per heavy atom. The van der Waals surface area contributed by atoms with Gasteiger partial charge in [0.05, 0.1) is 16.2 Å². The van der Waals surface area contributed by atoms with Crippen molar-refractivity contribution in [1.82, 2.24) is 9.78 Å². The first-order valence-corrected chi connectivity index (χ1v) is 5.92. The number of hydrogen-bond acceptors (Lipinski definition) is 5. The van der Waals surface area contributed by atoms with Crippen LogP contribution in [0.25, 0.3) is 0 Å². The zero-order chi connectivity index (χ0) is 14.9. The highest BCUT2D eigenvalue weighted by Crippen LogP contribution is 2.32. The van der Waals surface area contributed by atoms with Crippen LogP contribution < -0.4 is 4.74 Å². The summed E-state index contributed by atoms with van der Waals surface area (Å²) in [7, 11) is 1.63. The van der Waals surface area contributed by atoms with Gasteiger partial charge in [-0.05, 0) is 13.0 Å². The summed E-state index contributed by atoms with van der Waals surface area (Å²) in [5.41, 5.74) is 0.642. The molecule has 0 saturated heterocycles. The average molecular weight is 296 g/mol. The summed E-state index contributed by atoms with van der Waals surface area (Å²) in [6.07, 6.45) is 0.644. The van der Waals surface area contributed by atoms with Crippen LogP contribution in [-0.4, -0.2) is 21.0 Å². The molecular weight excluding hydrogens is 286 g/mol. The molecule has 0 aliphatic rings. The lowest BCUT2D eigenvalue weighted by molar-refractivity contribution is -0.384. The van der Waals surface area contributed by atoms with Crippen LogP contribution in [0.4, 0.5) is 5.69 Å². The van der Waals surface area contributed by atoms with Crippen LogP contribution in [0.3, 0.4) is 0 Å². The van der Waals surface area contributed by atoms with E-state index in [9.17, 15) is 14.9 Å². The predicted molar refractivity (Wildman–Crippen MR) is 71.5 cm³/mol. The fraction of sp³-hybridized carbons (Fsp3) is 0.167. The van der Waals surface area contributed by atoms with Crippen LogP contribution in [0.5, 0.6) is 11.6 Å².